The average Bonchev–Trinajstić information content (AvgIpc) is 2.84. The Labute approximate surface area is 201 Å². The second kappa shape index (κ2) is 12.2. The zero-order valence-electron chi connectivity index (χ0n) is 20.2. The van der Waals surface area contributed by atoms with Crippen LogP contribution >= 0.6 is 0 Å². The van der Waals surface area contributed by atoms with Crippen LogP contribution in [0.4, 0.5) is 0 Å². The van der Waals surface area contributed by atoms with Gasteiger partial charge in [0, 0.05) is 24.2 Å². The van der Waals surface area contributed by atoms with E-state index < -0.39 is 0 Å². The summed E-state index contributed by atoms with van der Waals surface area (Å²) in [5.41, 5.74) is 3.34. The van der Waals surface area contributed by atoms with Gasteiger partial charge >= 0.3 is 5.97 Å². The molecule has 0 bridgehead atoms. The SMILES string of the molecule is CCOC(=O)C1CCC(Oc2ccc(C(=O)NCCNC(=O)c3ccc(C)c(C)c3)cc2)CC1. The van der Waals surface area contributed by atoms with Gasteiger partial charge in [-0.1, -0.05) is 6.07 Å². The first-order valence-corrected chi connectivity index (χ1v) is 11.9. The molecule has 0 spiro atoms. The molecule has 34 heavy (non-hydrogen) atoms. The summed E-state index contributed by atoms with van der Waals surface area (Å²) >= 11 is 0. The van der Waals surface area contributed by atoms with Gasteiger partial charge in [0.2, 0.25) is 0 Å². The fourth-order valence-electron chi connectivity index (χ4n) is 3.99. The van der Waals surface area contributed by atoms with Crippen LogP contribution in [0.5, 0.6) is 5.75 Å². The van der Waals surface area contributed by atoms with Crippen LogP contribution in [-0.2, 0) is 9.53 Å². The van der Waals surface area contributed by atoms with Gasteiger partial charge in [-0.2, -0.15) is 0 Å². The van der Waals surface area contributed by atoms with E-state index in [-0.39, 0.29) is 29.8 Å². The molecule has 0 aliphatic heterocycles. The number of esters is 1. The first-order valence-electron chi connectivity index (χ1n) is 11.9. The molecular weight excluding hydrogens is 432 g/mol. The van der Waals surface area contributed by atoms with Gasteiger partial charge in [-0.15, -0.1) is 0 Å². The van der Waals surface area contributed by atoms with E-state index in [1.165, 1.54) is 0 Å². The lowest BCUT2D eigenvalue weighted by molar-refractivity contribution is -0.149. The number of carbonyl (C=O) groups excluding carboxylic acids is 3. The van der Waals surface area contributed by atoms with E-state index in [0.29, 0.717) is 36.6 Å². The molecule has 1 aliphatic carbocycles. The molecule has 0 radical (unpaired) electrons. The van der Waals surface area contributed by atoms with E-state index in [0.717, 1.165) is 36.8 Å². The Bertz CT molecular complexity index is 995. The quantitative estimate of drug-likeness (QED) is 0.431. The molecule has 2 aromatic rings. The summed E-state index contributed by atoms with van der Waals surface area (Å²) in [7, 11) is 0. The van der Waals surface area contributed by atoms with E-state index in [4.69, 9.17) is 9.47 Å². The number of rotatable bonds is 9. The Morgan fingerprint density at radius 2 is 1.41 bits per heavy atom. The molecule has 2 amide bonds. The van der Waals surface area contributed by atoms with Gasteiger partial charge < -0.3 is 20.1 Å². The minimum atomic E-state index is -0.207. The van der Waals surface area contributed by atoms with Crippen molar-refractivity contribution in [3.8, 4) is 5.75 Å². The van der Waals surface area contributed by atoms with Gasteiger partial charge in [-0.05, 0) is 94.0 Å². The fourth-order valence-corrected chi connectivity index (χ4v) is 3.99. The highest BCUT2D eigenvalue weighted by Gasteiger charge is 2.28. The topological polar surface area (TPSA) is 93.7 Å². The normalized spacial score (nSPS) is 17.5. The summed E-state index contributed by atoms with van der Waals surface area (Å²) in [6, 6.07) is 12.6. The molecule has 3 rings (SSSR count). The van der Waals surface area contributed by atoms with Gasteiger partial charge in [0.1, 0.15) is 5.75 Å². The molecule has 182 valence electrons. The van der Waals surface area contributed by atoms with Crippen LogP contribution in [0.25, 0.3) is 0 Å². The highest BCUT2D eigenvalue weighted by Crippen LogP contribution is 2.28. The number of carbonyl (C=O) groups is 3. The molecule has 0 unspecified atom stereocenters. The summed E-state index contributed by atoms with van der Waals surface area (Å²) in [6.07, 6.45) is 3.21. The first kappa shape index (κ1) is 25.3. The molecule has 2 aromatic carbocycles. The number of benzene rings is 2. The molecule has 7 nitrogen and oxygen atoms in total. The second-order valence-electron chi connectivity index (χ2n) is 8.68. The van der Waals surface area contributed by atoms with Gasteiger partial charge in [-0.25, -0.2) is 0 Å². The largest absolute Gasteiger partial charge is 0.490 e. The van der Waals surface area contributed by atoms with Crippen LogP contribution in [0.3, 0.4) is 0 Å². The molecule has 2 N–H and O–H groups in total. The van der Waals surface area contributed by atoms with Crippen LogP contribution < -0.4 is 15.4 Å². The number of nitrogens with one attached hydrogen (secondary N) is 2. The molecule has 0 atom stereocenters. The molecule has 1 fully saturated rings. The van der Waals surface area contributed by atoms with E-state index in [2.05, 4.69) is 10.6 Å². The number of aryl methyl sites for hydroxylation is 2. The molecule has 0 heterocycles. The Morgan fingerprint density at radius 3 is 2.00 bits per heavy atom. The van der Waals surface area contributed by atoms with Gasteiger partial charge in [0.15, 0.2) is 0 Å². The zero-order chi connectivity index (χ0) is 24.5. The lowest BCUT2D eigenvalue weighted by Gasteiger charge is -2.27. The van der Waals surface area contributed by atoms with Crippen LogP contribution in [0.1, 0.15) is 64.4 Å². The summed E-state index contributed by atoms with van der Waals surface area (Å²) in [5.74, 6) is 0.201. The Kier molecular flexibility index (Phi) is 9.08. The summed E-state index contributed by atoms with van der Waals surface area (Å²) < 4.78 is 11.1. The molecule has 0 saturated heterocycles. The van der Waals surface area contributed by atoms with Gasteiger partial charge in [0.25, 0.3) is 11.8 Å². The van der Waals surface area contributed by atoms with Crippen LogP contribution in [0.15, 0.2) is 42.5 Å². The number of hydrogen-bond donors (Lipinski definition) is 2. The smallest absolute Gasteiger partial charge is 0.308 e. The monoisotopic (exact) mass is 466 g/mol. The number of ether oxygens (including phenoxy) is 2. The van der Waals surface area contributed by atoms with Crippen molar-refractivity contribution in [3.05, 3.63) is 64.7 Å². The van der Waals surface area contributed by atoms with Crippen molar-refractivity contribution < 1.29 is 23.9 Å². The summed E-state index contributed by atoms with van der Waals surface area (Å²) in [5, 5.41) is 5.64. The van der Waals surface area contributed by atoms with Crippen LogP contribution in [-0.4, -0.2) is 43.6 Å². The minimum Gasteiger partial charge on any atom is -0.490 e. The fraction of sp³-hybridized carbons (Fsp3) is 0.444. The van der Waals surface area contributed by atoms with Crippen LogP contribution in [0.2, 0.25) is 0 Å². The second-order valence-corrected chi connectivity index (χ2v) is 8.68. The third-order valence-electron chi connectivity index (χ3n) is 6.18. The lowest BCUT2D eigenvalue weighted by Crippen LogP contribution is -2.34. The lowest BCUT2D eigenvalue weighted by atomic mass is 9.87. The molecular formula is C27H34N2O5. The van der Waals surface area contributed by atoms with E-state index in [9.17, 15) is 14.4 Å². The Morgan fingerprint density at radius 1 is 0.824 bits per heavy atom. The molecule has 1 saturated carbocycles. The van der Waals surface area contributed by atoms with Crippen molar-refractivity contribution in [1.29, 1.82) is 0 Å². The maximum Gasteiger partial charge on any atom is 0.308 e. The van der Waals surface area contributed by atoms with E-state index in [1.54, 1.807) is 30.3 Å². The number of hydrogen-bond acceptors (Lipinski definition) is 5. The minimum absolute atomic E-state index is 0.0309. The van der Waals surface area contributed by atoms with Crippen molar-refractivity contribution in [2.24, 2.45) is 5.92 Å². The van der Waals surface area contributed by atoms with Crippen LogP contribution in [0, 0.1) is 19.8 Å². The van der Waals surface area contributed by atoms with Crippen molar-refractivity contribution in [2.45, 2.75) is 52.6 Å². The van der Waals surface area contributed by atoms with Gasteiger partial charge in [0.05, 0.1) is 18.6 Å². The Balaban J connectivity index is 1.38. The van der Waals surface area contributed by atoms with Crippen molar-refractivity contribution in [3.63, 3.8) is 0 Å². The molecule has 1 aliphatic rings. The third kappa shape index (κ3) is 7.07. The standard InChI is InChI=1S/C27H34N2O5/c1-4-33-27(32)21-9-13-24(14-10-21)34-23-11-7-20(8-12-23)25(30)28-15-16-29-26(31)22-6-5-18(2)19(3)17-22/h5-8,11-12,17,21,24H,4,9-10,13-16H2,1-3H3,(H,28,30)(H,29,31). The maximum atomic E-state index is 12.4. The van der Waals surface area contributed by atoms with Crippen molar-refractivity contribution in [1.82, 2.24) is 10.6 Å². The highest BCUT2D eigenvalue weighted by atomic mass is 16.5. The van der Waals surface area contributed by atoms with E-state index >= 15 is 0 Å². The number of amides is 2. The zero-order valence-corrected chi connectivity index (χ0v) is 20.2. The van der Waals surface area contributed by atoms with Crippen molar-refractivity contribution in [2.75, 3.05) is 19.7 Å². The van der Waals surface area contributed by atoms with Crippen molar-refractivity contribution >= 4 is 17.8 Å². The first-order chi connectivity index (χ1) is 16.4. The highest BCUT2D eigenvalue weighted by molar-refractivity contribution is 5.95. The summed E-state index contributed by atoms with van der Waals surface area (Å²) in [4.78, 5) is 36.5. The van der Waals surface area contributed by atoms with Gasteiger partial charge in [-0.3, -0.25) is 14.4 Å². The Hall–Kier alpha value is -3.35. The van der Waals surface area contributed by atoms with E-state index in [1.807, 2.05) is 32.9 Å². The predicted molar refractivity (Wildman–Crippen MR) is 130 cm³/mol. The third-order valence-corrected chi connectivity index (χ3v) is 6.18. The average molecular weight is 467 g/mol. The summed E-state index contributed by atoms with van der Waals surface area (Å²) in [6.45, 7) is 6.88. The maximum absolute atomic E-state index is 12.4. The molecule has 0 aromatic heterocycles. The molecule has 7 heteroatoms. The predicted octanol–water partition coefficient (Wildman–Crippen LogP) is 3.96.